The summed E-state index contributed by atoms with van der Waals surface area (Å²) in [4.78, 5) is 0. The van der Waals surface area contributed by atoms with E-state index in [4.69, 9.17) is 44.5 Å². The third-order valence-corrected chi connectivity index (χ3v) is 18.8. The lowest BCUT2D eigenvalue weighted by atomic mass is 10.1. The lowest BCUT2D eigenvalue weighted by Gasteiger charge is -2.44. The van der Waals surface area contributed by atoms with E-state index in [9.17, 15) is 0 Å². The molecular weight excluding hydrogens is 839 g/mol. The highest BCUT2D eigenvalue weighted by Crippen LogP contribution is 2.45. The SMILES string of the molecule is CC1(C)O[C@H]2O[C@H]([C@H](CO[Si](c3ccccc3)(c3ccccc3)C(C)(C)C)Op3oc4ccccc4c4ccccc4o3)[C@H](Op3oc4ccccc4c4ccccc4o3)[C@H]2O1. The van der Waals surface area contributed by atoms with Gasteiger partial charge in [-0.05, 0) is 53.5 Å². The zero-order valence-electron chi connectivity index (χ0n) is 35.1. The van der Waals surface area contributed by atoms with Crippen LogP contribution in [-0.2, 0) is 18.6 Å². The smallest absolute Gasteiger partial charge is 0.387 e. The quantitative estimate of drug-likeness (QED) is 0.123. The Balaban J connectivity index is 1.13. The number of rotatable bonds is 10. The standard InChI is InChI=1S/C49H48O10P2Si/c1-48(2,3)62(33-20-8-6-9-21-33,34-22-10-7-11-23-34)50-32-43(58-60-54-39-28-16-12-24-35(39)36-25-13-17-29-40(36)55-60)44-45(46-47(51-44)53-49(4,5)52-46)59-61-56-41-30-18-14-26-37(41)38-27-15-19-31-42(38)57-61/h6-31,43-47H,32H2,1-5H3/t43-,44+,45-,46+,47+/m0/s1. The molecule has 318 valence electrons. The van der Waals surface area contributed by atoms with Gasteiger partial charge in [-0.15, -0.1) is 0 Å². The molecule has 6 aromatic carbocycles. The van der Waals surface area contributed by atoms with Crippen molar-refractivity contribution in [2.24, 2.45) is 0 Å². The van der Waals surface area contributed by atoms with Crippen molar-refractivity contribution in [2.75, 3.05) is 6.61 Å². The highest BCUT2D eigenvalue weighted by Gasteiger charge is 2.59. The summed E-state index contributed by atoms with van der Waals surface area (Å²) in [6.45, 7) is 10.5. The van der Waals surface area contributed by atoms with Crippen molar-refractivity contribution in [3.8, 4) is 0 Å². The molecule has 13 heteroatoms. The molecule has 2 aliphatic heterocycles. The van der Waals surface area contributed by atoms with Gasteiger partial charge in [-0.1, -0.05) is 154 Å². The maximum Gasteiger partial charge on any atom is 0.387 e. The van der Waals surface area contributed by atoms with Gasteiger partial charge >= 0.3 is 16.5 Å². The van der Waals surface area contributed by atoms with Crippen LogP contribution in [0.2, 0.25) is 5.04 Å². The number of ether oxygens (including phenoxy) is 3. The van der Waals surface area contributed by atoms with Crippen LogP contribution in [0.15, 0.2) is 175 Å². The van der Waals surface area contributed by atoms with Crippen LogP contribution in [0.5, 0.6) is 0 Å². The van der Waals surface area contributed by atoms with Gasteiger partial charge in [-0.25, -0.2) is 0 Å². The molecular formula is C49H48O10P2Si. The highest BCUT2D eigenvalue weighted by atomic mass is 31.1. The largest absolute Gasteiger partial charge is 0.405 e. The van der Waals surface area contributed by atoms with Crippen molar-refractivity contribution in [3.05, 3.63) is 158 Å². The minimum absolute atomic E-state index is 0.0702. The van der Waals surface area contributed by atoms with Crippen molar-refractivity contribution in [2.45, 2.75) is 76.1 Å². The van der Waals surface area contributed by atoms with Crippen molar-refractivity contribution in [1.82, 2.24) is 0 Å². The van der Waals surface area contributed by atoms with Crippen LogP contribution in [0.25, 0.3) is 43.9 Å². The molecule has 2 fully saturated rings. The maximum absolute atomic E-state index is 7.61. The zero-order valence-corrected chi connectivity index (χ0v) is 37.9. The van der Waals surface area contributed by atoms with E-state index in [1.54, 1.807) is 0 Å². The third-order valence-electron chi connectivity index (χ3n) is 11.5. The predicted molar refractivity (Wildman–Crippen MR) is 246 cm³/mol. The second-order valence-electron chi connectivity index (χ2n) is 17.1. The van der Waals surface area contributed by atoms with Crippen LogP contribution >= 0.6 is 16.5 Å². The summed E-state index contributed by atoms with van der Waals surface area (Å²) in [5.74, 6) is -0.952. The summed E-state index contributed by atoms with van der Waals surface area (Å²) in [7, 11) is -7.28. The first-order valence-corrected chi connectivity index (χ1v) is 24.9. The molecule has 2 saturated heterocycles. The fourth-order valence-corrected chi connectivity index (χ4v) is 15.7. The topological polar surface area (TPSA) is 108 Å². The zero-order chi connectivity index (χ0) is 42.5. The summed E-state index contributed by atoms with van der Waals surface area (Å²) in [5, 5.41) is 5.53. The van der Waals surface area contributed by atoms with E-state index < -0.39 is 61.3 Å². The molecule has 2 aliphatic rings. The van der Waals surface area contributed by atoms with E-state index in [0.29, 0.717) is 22.3 Å². The molecule has 4 heterocycles. The molecule has 0 bridgehead atoms. The van der Waals surface area contributed by atoms with Gasteiger partial charge in [0.15, 0.2) is 12.1 Å². The molecule has 62 heavy (non-hydrogen) atoms. The van der Waals surface area contributed by atoms with Gasteiger partial charge in [0.1, 0.15) is 46.7 Å². The molecule has 0 saturated carbocycles. The Kier molecular flexibility index (Phi) is 11.1. The van der Waals surface area contributed by atoms with Gasteiger partial charge in [0.05, 0.1) is 6.61 Å². The molecule has 0 spiro atoms. The summed E-state index contributed by atoms with van der Waals surface area (Å²) >= 11 is 0. The normalized spacial score (nSPS) is 20.5. The molecule has 0 aliphatic carbocycles. The third kappa shape index (κ3) is 7.77. The summed E-state index contributed by atoms with van der Waals surface area (Å²) in [6.07, 6.45) is -3.99. The maximum atomic E-state index is 7.61. The molecule has 10 rings (SSSR count). The molecule has 0 unspecified atom stereocenters. The Morgan fingerprint density at radius 3 is 1.44 bits per heavy atom. The first-order chi connectivity index (χ1) is 30.1. The molecule has 5 atom stereocenters. The van der Waals surface area contributed by atoms with Gasteiger partial charge < -0.3 is 35.4 Å². The van der Waals surface area contributed by atoms with Crippen molar-refractivity contribution >= 4 is 79.0 Å². The highest BCUT2D eigenvalue weighted by molar-refractivity contribution is 7.32. The van der Waals surface area contributed by atoms with Gasteiger partial charge in [-0.2, -0.15) is 0 Å². The molecule has 0 amide bonds. The van der Waals surface area contributed by atoms with Crippen LogP contribution < -0.4 is 19.4 Å². The predicted octanol–water partition coefficient (Wildman–Crippen LogP) is 11.6. The fraction of sp³-hybridized carbons (Fsp3) is 0.265. The molecule has 0 radical (unpaired) electrons. The van der Waals surface area contributed by atoms with Gasteiger partial charge in [-0.3, -0.25) is 9.05 Å². The average molecular weight is 887 g/mol. The van der Waals surface area contributed by atoms with Gasteiger partial charge in [0.2, 0.25) is 0 Å². The summed E-state index contributed by atoms with van der Waals surface area (Å²) in [5.41, 5.74) is 2.56. The Labute approximate surface area is 362 Å². The van der Waals surface area contributed by atoms with Crippen LogP contribution in [-0.4, -0.2) is 51.4 Å². The van der Waals surface area contributed by atoms with Crippen molar-refractivity contribution < 1.29 is 44.5 Å². The van der Waals surface area contributed by atoms with Crippen LogP contribution in [0, 0.1) is 0 Å². The molecule has 0 N–H and O–H groups in total. The summed E-state index contributed by atoms with van der Waals surface area (Å²) in [6, 6.07) is 52.5. The molecule has 8 aromatic rings. The monoisotopic (exact) mass is 886 g/mol. The van der Waals surface area contributed by atoms with Crippen molar-refractivity contribution in [3.63, 3.8) is 0 Å². The first-order valence-electron chi connectivity index (χ1n) is 20.8. The van der Waals surface area contributed by atoms with Crippen LogP contribution in [0.3, 0.4) is 0 Å². The number of hydrogen-bond donors (Lipinski definition) is 0. The number of hydrogen-bond acceptors (Lipinski definition) is 10. The minimum atomic E-state index is -3.11. The van der Waals surface area contributed by atoms with E-state index in [1.807, 2.05) is 123 Å². The number of benzene rings is 6. The van der Waals surface area contributed by atoms with E-state index in [2.05, 4.69) is 69.3 Å². The number of fused-ring (bicyclic) bond motifs is 7. The van der Waals surface area contributed by atoms with E-state index in [0.717, 1.165) is 31.9 Å². The van der Waals surface area contributed by atoms with Crippen LogP contribution in [0.1, 0.15) is 34.6 Å². The second-order valence-corrected chi connectivity index (χ2v) is 23.4. The van der Waals surface area contributed by atoms with E-state index in [1.165, 1.54) is 0 Å². The Morgan fingerprint density at radius 2 is 0.984 bits per heavy atom. The van der Waals surface area contributed by atoms with Gasteiger partial charge in [0, 0.05) is 21.5 Å². The molecule has 10 nitrogen and oxygen atoms in total. The van der Waals surface area contributed by atoms with Gasteiger partial charge in [0.25, 0.3) is 8.32 Å². The van der Waals surface area contributed by atoms with E-state index >= 15 is 0 Å². The lowest BCUT2D eigenvalue weighted by molar-refractivity contribution is -0.220. The lowest BCUT2D eigenvalue weighted by Crippen LogP contribution is -2.67. The average Bonchev–Trinajstić information content (AvgIpc) is 3.61. The van der Waals surface area contributed by atoms with E-state index in [-0.39, 0.29) is 11.6 Å². The Bertz CT molecular complexity index is 2780. The Hall–Kier alpha value is -4.90. The summed E-state index contributed by atoms with van der Waals surface area (Å²) < 4.78 is 68.3. The minimum Gasteiger partial charge on any atom is -0.405 e. The van der Waals surface area contributed by atoms with Crippen molar-refractivity contribution in [1.29, 1.82) is 0 Å². The second kappa shape index (κ2) is 16.7. The fourth-order valence-electron chi connectivity index (χ4n) is 8.81. The number of para-hydroxylation sites is 4. The van der Waals surface area contributed by atoms with Crippen LogP contribution in [0.4, 0.5) is 0 Å². The molecule has 2 aromatic heterocycles. The first kappa shape index (κ1) is 41.1. The Morgan fingerprint density at radius 1 is 0.565 bits per heavy atom.